The van der Waals surface area contributed by atoms with Crippen LogP contribution in [-0.4, -0.2) is 33.2 Å². The molecule has 0 aliphatic rings. The molecule has 0 amide bonds. The molecule has 0 saturated heterocycles. The molecule has 75 valence electrons. The predicted molar refractivity (Wildman–Crippen MR) is 39.9 cm³/mol. The van der Waals surface area contributed by atoms with Crippen LogP contribution < -0.4 is 0 Å². The van der Waals surface area contributed by atoms with Crippen LogP contribution in [-0.2, 0) is 47.1 Å². The van der Waals surface area contributed by atoms with E-state index in [1.54, 1.807) is 0 Å². The van der Waals surface area contributed by atoms with Crippen molar-refractivity contribution in [3.63, 3.8) is 0 Å². The molecule has 0 spiro atoms. The third kappa shape index (κ3) is 4410. The first kappa shape index (κ1) is 22.9. The van der Waals surface area contributed by atoms with Crippen molar-refractivity contribution in [2.75, 3.05) is 0 Å². The van der Waals surface area contributed by atoms with Gasteiger partial charge in [-0.15, -0.1) is 0 Å². The van der Waals surface area contributed by atoms with Crippen molar-refractivity contribution < 1.29 is 62.4 Å². The maximum absolute atomic E-state index is 9.00. The Hall–Kier alpha value is -0.486. The molecule has 0 aromatic carbocycles. The van der Waals surface area contributed by atoms with Crippen LogP contribution in [0.25, 0.3) is 0 Å². The number of rotatable bonds is 0. The van der Waals surface area contributed by atoms with Crippen molar-refractivity contribution in [1.29, 1.82) is 0 Å². The van der Waals surface area contributed by atoms with Gasteiger partial charge >= 0.3 is 0 Å². The van der Waals surface area contributed by atoms with E-state index >= 15 is 0 Å². The van der Waals surface area contributed by atoms with Crippen LogP contribution in [0.5, 0.6) is 0 Å². The normalized spacial score (nSPS) is 5.77. The average molecular weight is 269 g/mol. The summed E-state index contributed by atoms with van der Waals surface area (Å²) in [7, 11) is 0. The first-order valence-electron chi connectivity index (χ1n) is 2.78. The number of hydrogen-bond donors (Lipinski definition) is 3. The summed E-state index contributed by atoms with van der Waals surface area (Å²) < 4.78 is 0. The molecule has 0 atom stereocenters. The average Bonchev–Trinajstić information content (AvgIpc) is 1.54. The van der Waals surface area contributed by atoms with Crippen LogP contribution >= 0.6 is 0 Å². The number of hydrogen-bond acceptors (Lipinski definition) is 3. The van der Waals surface area contributed by atoms with Gasteiger partial charge in [0.15, 0.2) is 0 Å². The van der Waals surface area contributed by atoms with Gasteiger partial charge in [0.1, 0.15) is 0 Å². The van der Waals surface area contributed by atoms with Crippen molar-refractivity contribution >= 4 is 17.9 Å². The molecule has 6 nitrogen and oxygen atoms in total. The van der Waals surface area contributed by atoms with E-state index in [1.165, 1.54) is 0 Å². The Morgan fingerprint density at radius 2 is 0.692 bits per heavy atom. The Kier molecular flexibility index (Phi) is 30.9. The van der Waals surface area contributed by atoms with Crippen molar-refractivity contribution in [2.45, 2.75) is 20.8 Å². The molecule has 0 heterocycles. The second-order valence-electron chi connectivity index (χ2n) is 1.56. The quantitative estimate of drug-likeness (QED) is 0.582. The molecular formula is C6H12O6Y. The summed E-state index contributed by atoms with van der Waals surface area (Å²) in [5, 5.41) is 22.2. The molecule has 0 aromatic rings. The van der Waals surface area contributed by atoms with Crippen LogP contribution in [0.4, 0.5) is 0 Å². The zero-order chi connectivity index (χ0) is 10.7. The summed E-state index contributed by atoms with van der Waals surface area (Å²) in [5.74, 6) is -2.50. The molecule has 1 radical (unpaired) electrons. The van der Waals surface area contributed by atoms with Crippen molar-refractivity contribution in [1.82, 2.24) is 0 Å². The van der Waals surface area contributed by atoms with E-state index in [9.17, 15) is 0 Å². The van der Waals surface area contributed by atoms with E-state index in [0.29, 0.717) is 0 Å². The van der Waals surface area contributed by atoms with Gasteiger partial charge in [-0.05, 0) is 0 Å². The SMILES string of the molecule is CC(=O)O.CC(=O)O.CC(=O)O.[Y]. The summed E-state index contributed by atoms with van der Waals surface area (Å²) in [6, 6.07) is 0. The fourth-order valence-electron chi connectivity index (χ4n) is 0. The van der Waals surface area contributed by atoms with Crippen LogP contribution in [0.1, 0.15) is 20.8 Å². The van der Waals surface area contributed by atoms with Gasteiger partial charge < -0.3 is 15.3 Å². The smallest absolute Gasteiger partial charge is 0.300 e. The minimum Gasteiger partial charge on any atom is -0.481 e. The topological polar surface area (TPSA) is 112 Å². The van der Waals surface area contributed by atoms with E-state index in [1.807, 2.05) is 0 Å². The van der Waals surface area contributed by atoms with E-state index < -0.39 is 17.9 Å². The molecule has 0 aliphatic carbocycles. The molecule has 0 aromatic heterocycles. The Bertz CT molecular complexity index is 115. The first-order chi connectivity index (χ1) is 5.20. The van der Waals surface area contributed by atoms with Crippen LogP contribution in [0.15, 0.2) is 0 Å². The number of carboxylic acid groups (broad SMARTS) is 3. The number of carbonyl (C=O) groups is 3. The Morgan fingerprint density at radius 3 is 0.692 bits per heavy atom. The van der Waals surface area contributed by atoms with Gasteiger partial charge in [0.25, 0.3) is 17.9 Å². The van der Waals surface area contributed by atoms with Gasteiger partial charge in [0, 0.05) is 53.5 Å². The predicted octanol–water partition coefficient (Wildman–Crippen LogP) is 0.270. The van der Waals surface area contributed by atoms with Gasteiger partial charge in [0.05, 0.1) is 0 Å². The Morgan fingerprint density at radius 1 is 0.692 bits per heavy atom. The van der Waals surface area contributed by atoms with Gasteiger partial charge in [0.2, 0.25) is 0 Å². The van der Waals surface area contributed by atoms with Crippen LogP contribution in [0, 0.1) is 0 Å². The standard InChI is InChI=1S/3C2H4O2.Y/c3*1-2(3)4;/h3*1H3,(H,3,4);. The maximum atomic E-state index is 9.00. The van der Waals surface area contributed by atoms with E-state index in [0.717, 1.165) is 20.8 Å². The Labute approximate surface area is 101 Å². The molecule has 0 bridgehead atoms. The first-order valence-corrected chi connectivity index (χ1v) is 2.78. The molecule has 3 N–H and O–H groups in total. The molecular weight excluding hydrogens is 257 g/mol. The van der Waals surface area contributed by atoms with Crippen LogP contribution in [0.3, 0.4) is 0 Å². The summed E-state index contributed by atoms with van der Waals surface area (Å²) in [4.78, 5) is 27.0. The van der Waals surface area contributed by atoms with Gasteiger partial charge in [-0.2, -0.15) is 0 Å². The van der Waals surface area contributed by atoms with Crippen molar-refractivity contribution in [2.24, 2.45) is 0 Å². The molecule has 0 fully saturated rings. The number of aliphatic carboxylic acids is 3. The summed E-state index contributed by atoms with van der Waals surface area (Å²) in [6.07, 6.45) is 0. The third-order valence-electron chi connectivity index (χ3n) is 0. The maximum Gasteiger partial charge on any atom is 0.300 e. The molecule has 13 heavy (non-hydrogen) atoms. The van der Waals surface area contributed by atoms with Gasteiger partial charge in [-0.25, -0.2) is 0 Å². The van der Waals surface area contributed by atoms with Gasteiger partial charge in [-0.3, -0.25) is 14.4 Å². The monoisotopic (exact) mass is 269 g/mol. The van der Waals surface area contributed by atoms with Crippen molar-refractivity contribution in [3.8, 4) is 0 Å². The molecule has 0 saturated carbocycles. The fraction of sp³-hybridized carbons (Fsp3) is 0.500. The second kappa shape index (κ2) is 17.6. The molecule has 7 heteroatoms. The Balaban J connectivity index is -0.0000000450. The van der Waals surface area contributed by atoms with Crippen molar-refractivity contribution in [3.05, 3.63) is 0 Å². The largest absolute Gasteiger partial charge is 0.481 e. The van der Waals surface area contributed by atoms with Gasteiger partial charge in [-0.1, -0.05) is 0 Å². The zero-order valence-corrected chi connectivity index (χ0v) is 10.5. The summed E-state index contributed by atoms with van der Waals surface area (Å²) in [5.41, 5.74) is 0. The summed E-state index contributed by atoms with van der Waals surface area (Å²) in [6.45, 7) is 3.25. The van der Waals surface area contributed by atoms with E-state index in [2.05, 4.69) is 0 Å². The molecule has 0 aliphatic heterocycles. The number of carboxylic acids is 3. The summed E-state index contributed by atoms with van der Waals surface area (Å²) >= 11 is 0. The third-order valence-corrected chi connectivity index (χ3v) is 0. The molecule has 0 unspecified atom stereocenters. The fourth-order valence-corrected chi connectivity index (χ4v) is 0. The van der Waals surface area contributed by atoms with Crippen LogP contribution in [0.2, 0.25) is 0 Å². The zero-order valence-electron chi connectivity index (χ0n) is 7.64. The van der Waals surface area contributed by atoms with E-state index in [4.69, 9.17) is 29.7 Å². The minimum absolute atomic E-state index is 0. The molecule has 0 rings (SSSR count). The van der Waals surface area contributed by atoms with E-state index in [-0.39, 0.29) is 32.7 Å². The second-order valence-corrected chi connectivity index (χ2v) is 1.56. The minimum atomic E-state index is -0.833.